The third-order valence-corrected chi connectivity index (χ3v) is 4.57. The van der Waals surface area contributed by atoms with Crippen LogP contribution in [0.3, 0.4) is 0 Å². The Balaban J connectivity index is 1.51. The van der Waals surface area contributed by atoms with E-state index in [1.54, 1.807) is 4.90 Å². The molecule has 0 saturated carbocycles. The van der Waals surface area contributed by atoms with Crippen molar-refractivity contribution in [1.82, 2.24) is 5.32 Å². The van der Waals surface area contributed by atoms with Gasteiger partial charge < -0.3 is 15.0 Å². The maximum absolute atomic E-state index is 12.6. The zero-order chi connectivity index (χ0) is 18.2. The Labute approximate surface area is 155 Å². The molecule has 1 N–H and O–H groups in total. The van der Waals surface area contributed by atoms with E-state index in [1.165, 1.54) is 5.69 Å². The van der Waals surface area contributed by atoms with E-state index in [0.29, 0.717) is 19.7 Å². The van der Waals surface area contributed by atoms with E-state index in [4.69, 9.17) is 4.74 Å². The molecule has 0 radical (unpaired) electrons. The molecule has 0 aromatic heterocycles. The van der Waals surface area contributed by atoms with Gasteiger partial charge in [-0.1, -0.05) is 30.3 Å². The Morgan fingerprint density at radius 1 is 1.15 bits per heavy atom. The summed E-state index contributed by atoms with van der Waals surface area (Å²) in [6, 6.07) is 18.1. The summed E-state index contributed by atoms with van der Waals surface area (Å²) in [6.45, 7) is 5.99. The van der Waals surface area contributed by atoms with Crippen LogP contribution in [0.4, 0.5) is 16.2 Å². The second-order valence-corrected chi connectivity index (χ2v) is 6.32. The number of carbonyl (C=O) groups is 1. The monoisotopic (exact) mass is 353 g/mol. The van der Waals surface area contributed by atoms with Gasteiger partial charge in [-0.2, -0.15) is 0 Å². The van der Waals surface area contributed by atoms with Gasteiger partial charge in [0.05, 0.1) is 12.3 Å². The van der Waals surface area contributed by atoms with Crippen LogP contribution in [0, 0.1) is 0 Å². The molecule has 1 aliphatic rings. The molecule has 0 spiro atoms. The SMILES string of the molecule is CCN(CCCNC(=O)N1CCCOc2ccccc21)c1ccccc1. The lowest BCUT2D eigenvalue weighted by Crippen LogP contribution is -2.41. The maximum atomic E-state index is 12.6. The number of urea groups is 1. The quantitative estimate of drug-likeness (QED) is 0.801. The molecule has 1 aliphatic heterocycles. The van der Waals surface area contributed by atoms with Crippen LogP contribution in [0.5, 0.6) is 5.75 Å². The van der Waals surface area contributed by atoms with Gasteiger partial charge in [0.2, 0.25) is 0 Å². The number of nitrogens with zero attached hydrogens (tertiary/aromatic N) is 2. The summed E-state index contributed by atoms with van der Waals surface area (Å²) < 4.78 is 5.72. The fourth-order valence-corrected chi connectivity index (χ4v) is 3.21. The number of hydrogen-bond donors (Lipinski definition) is 1. The Bertz CT molecular complexity index is 705. The third kappa shape index (κ3) is 4.48. The van der Waals surface area contributed by atoms with Crippen LogP contribution in [-0.2, 0) is 0 Å². The average molecular weight is 353 g/mol. The van der Waals surface area contributed by atoms with Crippen LogP contribution < -0.4 is 19.9 Å². The van der Waals surface area contributed by atoms with Crippen molar-refractivity contribution in [2.75, 3.05) is 42.6 Å². The minimum atomic E-state index is -0.0503. The Morgan fingerprint density at radius 3 is 2.73 bits per heavy atom. The summed E-state index contributed by atoms with van der Waals surface area (Å²) in [6.07, 6.45) is 1.74. The molecule has 5 nitrogen and oxygen atoms in total. The van der Waals surface area contributed by atoms with Gasteiger partial charge in [-0.15, -0.1) is 0 Å². The predicted octanol–water partition coefficient (Wildman–Crippen LogP) is 3.90. The predicted molar refractivity (Wildman–Crippen MR) is 106 cm³/mol. The van der Waals surface area contributed by atoms with Gasteiger partial charge in [0, 0.05) is 31.9 Å². The molecule has 26 heavy (non-hydrogen) atoms. The molecule has 0 saturated heterocycles. The number of anilines is 2. The molecule has 0 bridgehead atoms. The summed E-state index contributed by atoms with van der Waals surface area (Å²) >= 11 is 0. The van der Waals surface area contributed by atoms with E-state index in [0.717, 1.165) is 37.4 Å². The minimum absolute atomic E-state index is 0.0503. The number of rotatable bonds is 6. The van der Waals surface area contributed by atoms with Crippen molar-refractivity contribution in [2.24, 2.45) is 0 Å². The van der Waals surface area contributed by atoms with E-state index in [2.05, 4.69) is 41.4 Å². The third-order valence-electron chi connectivity index (χ3n) is 4.57. The number of nitrogens with one attached hydrogen (secondary N) is 1. The zero-order valence-electron chi connectivity index (χ0n) is 15.4. The van der Waals surface area contributed by atoms with Crippen LogP contribution in [0.25, 0.3) is 0 Å². The van der Waals surface area contributed by atoms with Crippen LogP contribution in [0.15, 0.2) is 54.6 Å². The Morgan fingerprint density at radius 2 is 1.92 bits per heavy atom. The fraction of sp³-hybridized carbons (Fsp3) is 0.381. The average Bonchev–Trinajstić information content (AvgIpc) is 2.91. The summed E-state index contributed by atoms with van der Waals surface area (Å²) in [4.78, 5) is 16.8. The molecule has 0 unspecified atom stereocenters. The summed E-state index contributed by atoms with van der Waals surface area (Å²) in [5, 5.41) is 3.06. The number of amides is 2. The van der Waals surface area contributed by atoms with Gasteiger partial charge in [0.1, 0.15) is 5.75 Å². The lowest BCUT2D eigenvalue weighted by Gasteiger charge is -2.24. The van der Waals surface area contributed by atoms with Gasteiger partial charge in [0.25, 0.3) is 0 Å². The molecule has 138 valence electrons. The second kappa shape index (κ2) is 9.13. The lowest BCUT2D eigenvalue weighted by molar-refractivity contribution is 0.246. The van der Waals surface area contributed by atoms with Crippen molar-refractivity contribution < 1.29 is 9.53 Å². The van der Waals surface area contributed by atoms with E-state index < -0.39 is 0 Å². The molecule has 1 heterocycles. The van der Waals surface area contributed by atoms with Crippen molar-refractivity contribution >= 4 is 17.4 Å². The molecular formula is C21H27N3O2. The summed E-state index contributed by atoms with van der Waals surface area (Å²) in [5.74, 6) is 0.779. The lowest BCUT2D eigenvalue weighted by atomic mass is 10.2. The summed E-state index contributed by atoms with van der Waals surface area (Å²) in [7, 11) is 0. The van der Waals surface area contributed by atoms with Crippen LogP contribution >= 0.6 is 0 Å². The van der Waals surface area contributed by atoms with Crippen LogP contribution in [0.1, 0.15) is 19.8 Å². The molecule has 0 fully saturated rings. The van der Waals surface area contributed by atoms with E-state index >= 15 is 0 Å². The van der Waals surface area contributed by atoms with Crippen molar-refractivity contribution in [3.8, 4) is 5.75 Å². The van der Waals surface area contributed by atoms with Crippen molar-refractivity contribution in [3.05, 3.63) is 54.6 Å². The second-order valence-electron chi connectivity index (χ2n) is 6.32. The highest BCUT2D eigenvalue weighted by atomic mass is 16.5. The highest BCUT2D eigenvalue weighted by Gasteiger charge is 2.21. The van der Waals surface area contributed by atoms with Crippen LogP contribution in [-0.4, -0.2) is 38.8 Å². The fourth-order valence-electron chi connectivity index (χ4n) is 3.21. The van der Waals surface area contributed by atoms with Gasteiger partial charge >= 0.3 is 6.03 Å². The van der Waals surface area contributed by atoms with Gasteiger partial charge in [-0.05, 0) is 44.0 Å². The van der Waals surface area contributed by atoms with E-state index in [1.807, 2.05) is 30.3 Å². The molecule has 3 rings (SSSR count). The first-order chi connectivity index (χ1) is 12.8. The summed E-state index contributed by atoms with van der Waals surface area (Å²) in [5.41, 5.74) is 2.07. The molecule has 0 aliphatic carbocycles. The maximum Gasteiger partial charge on any atom is 0.321 e. The van der Waals surface area contributed by atoms with Gasteiger partial charge in [0.15, 0.2) is 0 Å². The van der Waals surface area contributed by atoms with E-state index in [9.17, 15) is 4.79 Å². The molecule has 0 atom stereocenters. The number of hydrogen-bond acceptors (Lipinski definition) is 3. The van der Waals surface area contributed by atoms with Crippen LogP contribution in [0.2, 0.25) is 0 Å². The topological polar surface area (TPSA) is 44.8 Å². The molecule has 2 aromatic carbocycles. The number of fused-ring (bicyclic) bond motifs is 1. The van der Waals surface area contributed by atoms with Crippen molar-refractivity contribution in [1.29, 1.82) is 0 Å². The first kappa shape index (κ1) is 18.1. The molecule has 2 aromatic rings. The first-order valence-corrected chi connectivity index (χ1v) is 9.37. The van der Waals surface area contributed by atoms with Gasteiger partial charge in [-0.25, -0.2) is 4.79 Å². The standard InChI is InChI=1S/C21H27N3O2/c1-2-23(18-10-4-3-5-11-18)15-8-14-22-21(25)24-16-9-17-26-20-13-7-6-12-19(20)24/h3-7,10-13H,2,8-9,14-17H2,1H3,(H,22,25). The molecule has 2 amide bonds. The number of benzene rings is 2. The number of carbonyl (C=O) groups excluding carboxylic acids is 1. The zero-order valence-corrected chi connectivity index (χ0v) is 15.4. The minimum Gasteiger partial charge on any atom is -0.491 e. The van der Waals surface area contributed by atoms with Crippen molar-refractivity contribution in [2.45, 2.75) is 19.8 Å². The van der Waals surface area contributed by atoms with E-state index in [-0.39, 0.29) is 6.03 Å². The Hall–Kier alpha value is -2.69. The first-order valence-electron chi connectivity index (χ1n) is 9.37. The van der Waals surface area contributed by atoms with Crippen molar-refractivity contribution in [3.63, 3.8) is 0 Å². The smallest absolute Gasteiger partial charge is 0.321 e. The molecular weight excluding hydrogens is 326 g/mol. The normalized spacial score (nSPS) is 13.3. The highest BCUT2D eigenvalue weighted by Crippen LogP contribution is 2.30. The van der Waals surface area contributed by atoms with Gasteiger partial charge in [-0.3, -0.25) is 4.90 Å². The Kier molecular flexibility index (Phi) is 6.36. The largest absolute Gasteiger partial charge is 0.491 e. The number of ether oxygens (including phenoxy) is 1. The molecule has 5 heteroatoms. The number of para-hydroxylation sites is 3. The highest BCUT2D eigenvalue weighted by molar-refractivity contribution is 5.93.